The van der Waals surface area contributed by atoms with Gasteiger partial charge < -0.3 is 5.32 Å². The highest BCUT2D eigenvalue weighted by Gasteiger charge is 2.26. The third kappa shape index (κ3) is 4.91. The largest absolute Gasteiger partial charge is 0.320 e. The molecule has 0 fully saturated rings. The van der Waals surface area contributed by atoms with E-state index in [-0.39, 0.29) is 25.4 Å². The van der Waals surface area contributed by atoms with Gasteiger partial charge in [-0.3, -0.25) is 4.79 Å². The lowest BCUT2D eigenvalue weighted by Crippen LogP contribution is -2.18. The molecule has 3 aromatic rings. The number of halogens is 5. The summed E-state index contributed by atoms with van der Waals surface area (Å²) >= 11 is 13.0. The highest BCUT2D eigenvalue weighted by Crippen LogP contribution is 2.41. The predicted octanol–water partition coefficient (Wildman–Crippen LogP) is 6.47. The lowest BCUT2D eigenvalue weighted by atomic mass is 10.1. The summed E-state index contributed by atoms with van der Waals surface area (Å²) in [5.41, 5.74) is -0.00563. The SMILES string of the molecule is O=C1Nc2ccc(S(=O)(=O)Cc3c(Cl)cccc3Cl)cc2SC1=Cc1c(F)cc(F)cc1F. The van der Waals surface area contributed by atoms with E-state index in [4.69, 9.17) is 23.2 Å². The summed E-state index contributed by atoms with van der Waals surface area (Å²) in [7, 11) is -3.88. The van der Waals surface area contributed by atoms with Crippen LogP contribution in [0.4, 0.5) is 18.9 Å². The number of sulfone groups is 1. The number of thioether (sulfide) groups is 1. The van der Waals surface area contributed by atoms with Gasteiger partial charge >= 0.3 is 0 Å². The number of fused-ring (bicyclic) bond motifs is 1. The van der Waals surface area contributed by atoms with Crippen LogP contribution in [-0.2, 0) is 20.4 Å². The molecule has 4 nitrogen and oxygen atoms in total. The molecule has 0 radical (unpaired) electrons. The van der Waals surface area contributed by atoms with Gasteiger partial charge in [-0.05, 0) is 36.4 Å². The van der Waals surface area contributed by atoms with Gasteiger partial charge in [-0.25, -0.2) is 21.6 Å². The van der Waals surface area contributed by atoms with Crippen LogP contribution in [0.15, 0.2) is 63.2 Å². The van der Waals surface area contributed by atoms with Crippen molar-refractivity contribution >= 4 is 62.5 Å². The zero-order valence-corrected chi connectivity index (χ0v) is 19.5. The van der Waals surface area contributed by atoms with Crippen LogP contribution in [0, 0.1) is 17.5 Å². The lowest BCUT2D eigenvalue weighted by Gasteiger charge is -2.20. The minimum absolute atomic E-state index is 0.0561. The summed E-state index contributed by atoms with van der Waals surface area (Å²) in [6, 6.07) is 9.73. The zero-order chi connectivity index (χ0) is 23.9. The second-order valence-corrected chi connectivity index (χ2v) is 10.9. The first-order valence-electron chi connectivity index (χ1n) is 9.20. The van der Waals surface area contributed by atoms with Gasteiger partial charge in [0.05, 0.1) is 21.2 Å². The Balaban J connectivity index is 1.69. The fraction of sp³-hybridized carbons (Fsp3) is 0.0455. The molecule has 0 aromatic heterocycles. The van der Waals surface area contributed by atoms with Crippen LogP contribution in [0.3, 0.4) is 0 Å². The molecular formula is C22H12Cl2F3NO3S2. The van der Waals surface area contributed by atoms with Crippen molar-refractivity contribution in [1.29, 1.82) is 0 Å². The van der Waals surface area contributed by atoms with Gasteiger partial charge in [0.2, 0.25) is 0 Å². The van der Waals surface area contributed by atoms with Crippen LogP contribution in [-0.4, -0.2) is 14.3 Å². The summed E-state index contributed by atoms with van der Waals surface area (Å²) in [5, 5.41) is 2.96. The van der Waals surface area contributed by atoms with Gasteiger partial charge in [-0.15, -0.1) is 0 Å². The Morgan fingerprint density at radius 2 is 1.61 bits per heavy atom. The van der Waals surface area contributed by atoms with E-state index in [1.54, 1.807) is 6.07 Å². The van der Waals surface area contributed by atoms with E-state index in [1.165, 1.54) is 30.3 Å². The van der Waals surface area contributed by atoms with Crippen molar-refractivity contribution in [3.8, 4) is 0 Å². The maximum Gasteiger partial charge on any atom is 0.262 e. The molecule has 3 aromatic carbocycles. The molecule has 33 heavy (non-hydrogen) atoms. The number of amides is 1. The summed E-state index contributed by atoms with van der Waals surface area (Å²) in [5.74, 6) is -4.53. The third-order valence-electron chi connectivity index (χ3n) is 4.72. The molecule has 1 N–H and O–H groups in total. The Labute approximate surface area is 201 Å². The Morgan fingerprint density at radius 3 is 2.24 bits per heavy atom. The molecule has 0 aliphatic carbocycles. The van der Waals surface area contributed by atoms with E-state index in [0.29, 0.717) is 22.7 Å². The van der Waals surface area contributed by atoms with E-state index in [9.17, 15) is 26.4 Å². The maximum absolute atomic E-state index is 14.0. The van der Waals surface area contributed by atoms with Crippen LogP contribution >= 0.6 is 35.0 Å². The average Bonchev–Trinajstić information content (AvgIpc) is 2.73. The molecule has 11 heteroatoms. The van der Waals surface area contributed by atoms with Crippen molar-refractivity contribution in [2.75, 3.05) is 5.32 Å². The summed E-state index contributed by atoms with van der Waals surface area (Å²) < 4.78 is 67.2. The Bertz CT molecular complexity index is 1400. The van der Waals surface area contributed by atoms with Crippen molar-refractivity contribution in [3.63, 3.8) is 0 Å². The number of hydrogen-bond acceptors (Lipinski definition) is 4. The highest BCUT2D eigenvalue weighted by molar-refractivity contribution is 8.04. The lowest BCUT2D eigenvalue weighted by molar-refractivity contribution is -0.112. The smallest absolute Gasteiger partial charge is 0.262 e. The molecule has 1 aliphatic heterocycles. The van der Waals surface area contributed by atoms with Crippen LogP contribution in [0.25, 0.3) is 6.08 Å². The van der Waals surface area contributed by atoms with Crippen LogP contribution < -0.4 is 5.32 Å². The van der Waals surface area contributed by atoms with Crippen LogP contribution in [0.5, 0.6) is 0 Å². The van der Waals surface area contributed by atoms with Gasteiger partial charge in [0.25, 0.3) is 5.91 Å². The van der Waals surface area contributed by atoms with Crippen LogP contribution in [0.1, 0.15) is 11.1 Å². The average molecular weight is 530 g/mol. The van der Waals surface area contributed by atoms with E-state index in [1.807, 2.05) is 0 Å². The second kappa shape index (κ2) is 9.06. The van der Waals surface area contributed by atoms with E-state index in [0.717, 1.165) is 17.8 Å². The highest BCUT2D eigenvalue weighted by atomic mass is 35.5. The summed E-state index contributed by atoms with van der Waals surface area (Å²) in [6.45, 7) is 0. The van der Waals surface area contributed by atoms with Gasteiger partial charge in [-0.2, -0.15) is 0 Å². The maximum atomic E-state index is 14.0. The standard InChI is InChI=1S/C22H12Cl2F3NO3S2/c23-15-2-1-3-16(24)14(15)10-33(30,31)12-4-5-19-20(8-12)32-21(22(29)28-19)9-13-17(26)6-11(25)7-18(13)27/h1-9H,10H2,(H,28,29). The fourth-order valence-electron chi connectivity index (χ4n) is 3.09. The van der Waals surface area contributed by atoms with Crippen molar-refractivity contribution in [3.05, 3.63) is 92.1 Å². The Kier molecular flexibility index (Phi) is 6.50. The van der Waals surface area contributed by atoms with Gasteiger partial charge in [-0.1, -0.05) is 41.0 Å². The number of carbonyl (C=O) groups excluding carboxylic acids is 1. The molecule has 0 atom stereocenters. The first-order chi connectivity index (χ1) is 15.5. The van der Waals surface area contributed by atoms with Gasteiger partial charge in [0.1, 0.15) is 17.5 Å². The first kappa shape index (κ1) is 23.7. The van der Waals surface area contributed by atoms with Crippen molar-refractivity contribution in [2.45, 2.75) is 15.5 Å². The molecule has 1 amide bonds. The molecule has 0 saturated carbocycles. The number of nitrogens with one attached hydrogen (secondary N) is 1. The molecule has 0 unspecified atom stereocenters. The molecule has 1 aliphatic rings. The van der Waals surface area contributed by atoms with E-state index >= 15 is 0 Å². The molecular weight excluding hydrogens is 518 g/mol. The van der Waals surface area contributed by atoms with Crippen molar-refractivity contribution in [1.82, 2.24) is 0 Å². The first-order valence-corrected chi connectivity index (χ1v) is 12.4. The second-order valence-electron chi connectivity index (χ2n) is 6.97. The van der Waals surface area contributed by atoms with Crippen molar-refractivity contribution < 1.29 is 26.4 Å². The van der Waals surface area contributed by atoms with Crippen LogP contribution in [0.2, 0.25) is 10.0 Å². The molecule has 0 saturated heterocycles. The van der Waals surface area contributed by atoms with Gasteiger partial charge in [0, 0.05) is 38.2 Å². The normalized spacial score (nSPS) is 14.8. The number of carbonyl (C=O) groups is 1. The van der Waals surface area contributed by atoms with E-state index < -0.39 is 44.5 Å². The fourth-order valence-corrected chi connectivity index (χ4v) is 6.26. The Hall–Kier alpha value is -2.46. The topological polar surface area (TPSA) is 63.2 Å². The Morgan fingerprint density at radius 1 is 0.970 bits per heavy atom. The summed E-state index contributed by atoms with van der Waals surface area (Å²) in [6.07, 6.45) is 0.942. The molecule has 170 valence electrons. The third-order valence-corrected chi connectivity index (χ3v) is 8.15. The van der Waals surface area contributed by atoms with Crippen molar-refractivity contribution in [2.24, 2.45) is 0 Å². The number of anilines is 1. The minimum Gasteiger partial charge on any atom is -0.320 e. The molecule has 1 heterocycles. The molecule has 0 spiro atoms. The summed E-state index contributed by atoms with van der Waals surface area (Å²) in [4.78, 5) is 12.6. The molecule has 0 bridgehead atoms. The monoisotopic (exact) mass is 529 g/mol. The number of benzene rings is 3. The number of hydrogen-bond donors (Lipinski definition) is 1. The molecule has 4 rings (SSSR count). The predicted molar refractivity (Wildman–Crippen MR) is 123 cm³/mol. The van der Waals surface area contributed by atoms with Gasteiger partial charge in [0.15, 0.2) is 9.84 Å². The quantitative estimate of drug-likeness (QED) is 0.393. The minimum atomic E-state index is -3.88. The zero-order valence-electron chi connectivity index (χ0n) is 16.3. The van der Waals surface area contributed by atoms with E-state index in [2.05, 4.69) is 5.32 Å². The number of rotatable bonds is 4.